The number of nitrogens with one attached hydrogen (secondary N) is 1. The van der Waals surface area contributed by atoms with E-state index >= 15 is 0 Å². The van der Waals surface area contributed by atoms with Crippen molar-refractivity contribution in [3.63, 3.8) is 0 Å². The van der Waals surface area contributed by atoms with Crippen LogP contribution >= 0.6 is 0 Å². The highest BCUT2D eigenvalue weighted by Gasteiger charge is 2.33. The normalized spacial score (nSPS) is 15.5. The highest BCUT2D eigenvalue weighted by atomic mass is 16.6. The standard InChI is InChI=1S/C15H22N2O5/c1-15(2,3)22-14(21)17-7-10(8-17)16-6-9-4-5-11(18)13(20)12(9)19/h4-5,10,16,18-20H,6-8H2,1-3H3. The lowest BCUT2D eigenvalue weighted by Gasteiger charge is -2.40. The number of nitrogens with zero attached hydrogens (tertiary/aromatic N) is 1. The summed E-state index contributed by atoms with van der Waals surface area (Å²) >= 11 is 0. The molecule has 0 radical (unpaired) electrons. The van der Waals surface area contributed by atoms with Crippen LogP contribution in [0.4, 0.5) is 4.79 Å². The van der Waals surface area contributed by atoms with E-state index in [2.05, 4.69) is 5.32 Å². The van der Waals surface area contributed by atoms with E-state index in [0.717, 1.165) is 0 Å². The Morgan fingerprint density at radius 3 is 2.50 bits per heavy atom. The van der Waals surface area contributed by atoms with Gasteiger partial charge in [-0.3, -0.25) is 0 Å². The van der Waals surface area contributed by atoms with Gasteiger partial charge in [-0.2, -0.15) is 0 Å². The van der Waals surface area contributed by atoms with Gasteiger partial charge < -0.3 is 30.3 Å². The van der Waals surface area contributed by atoms with E-state index in [1.165, 1.54) is 12.1 Å². The minimum Gasteiger partial charge on any atom is -0.504 e. The number of amides is 1. The van der Waals surface area contributed by atoms with Crippen molar-refractivity contribution in [1.82, 2.24) is 10.2 Å². The van der Waals surface area contributed by atoms with Crippen LogP contribution in [-0.4, -0.2) is 51.0 Å². The smallest absolute Gasteiger partial charge is 0.410 e. The van der Waals surface area contributed by atoms with Crippen molar-refractivity contribution in [1.29, 1.82) is 0 Å². The Labute approximate surface area is 129 Å². The molecule has 1 amide bonds. The summed E-state index contributed by atoms with van der Waals surface area (Å²) in [6.45, 7) is 6.84. The van der Waals surface area contributed by atoms with Crippen LogP contribution in [0.15, 0.2) is 12.1 Å². The van der Waals surface area contributed by atoms with Crippen LogP contribution in [0.2, 0.25) is 0 Å². The minimum atomic E-state index is -0.525. The summed E-state index contributed by atoms with van der Waals surface area (Å²) < 4.78 is 5.26. The van der Waals surface area contributed by atoms with Gasteiger partial charge in [0.15, 0.2) is 11.5 Å². The molecule has 7 heteroatoms. The average molecular weight is 310 g/mol. The molecule has 1 fully saturated rings. The van der Waals surface area contributed by atoms with Gasteiger partial charge in [-0.25, -0.2) is 4.79 Å². The molecule has 122 valence electrons. The Bertz CT molecular complexity index is 562. The SMILES string of the molecule is CC(C)(C)OC(=O)N1CC(NCc2ccc(O)c(O)c2O)C1. The van der Waals surface area contributed by atoms with Crippen LogP contribution in [-0.2, 0) is 11.3 Å². The van der Waals surface area contributed by atoms with Gasteiger partial charge in [0.1, 0.15) is 5.60 Å². The first-order valence-corrected chi connectivity index (χ1v) is 7.11. The van der Waals surface area contributed by atoms with Crippen molar-refractivity contribution >= 4 is 6.09 Å². The quantitative estimate of drug-likeness (QED) is 0.631. The molecule has 1 heterocycles. The first-order valence-electron chi connectivity index (χ1n) is 7.11. The third-order valence-electron chi connectivity index (χ3n) is 3.33. The zero-order valence-corrected chi connectivity index (χ0v) is 13.0. The molecule has 0 unspecified atom stereocenters. The zero-order valence-electron chi connectivity index (χ0n) is 13.0. The van der Waals surface area contributed by atoms with Crippen molar-refractivity contribution < 1.29 is 24.9 Å². The van der Waals surface area contributed by atoms with Crippen LogP contribution < -0.4 is 5.32 Å². The lowest BCUT2D eigenvalue weighted by molar-refractivity contribution is 0.00516. The number of phenolic OH excluding ortho intramolecular Hbond substituents is 3. The number of hydrogen-bond acceptors (Lipinski definition) is 6. The molecule has 22 heavy (non-hydrogen) atoms. The summed E-state index contributed by atoms with van der Waals surface area (Å²) in [6.07, 6.45) is -0.337. The number of benzene rings is 1. The molecule has 0 spiro atoms. The fourth-order valence-corrected chi connectivity index (χ4v) is 2.09. The molecule has 1 aliphatic rings. The molecule has 1 saturated heterocycles. The van der Waals surface area contributed by atoms with Gasteiger partial charge in [0.2, 0.25) is 5.75 Å². The Balaban J connectivity index is 1.79. The van der Waals surface area contributed by atoms with Crippen LogP contribution in [0.1, 0.15) is 26.3 Å². The van der Waals surface area contributed by atoms with E-state index in [4.69, 9.17) is 4.74 Å². The zero-order chi connectivity index (χ0) is 16.5. The first kappa shape index (κ1) is 16.2. The number of likely N-dealkylation sites (tertiary alicyclic amines) is 1. The summed E-state index contributed by atoms with van der Waals surface area (Å²) in [5.41, 5.74) is -0.0312. The molecular formula is C15H22N2O5. The van der Waals surface area contributed by atoms with Crippen LogP contribution in [0.25, 0.3) is 0 Å². The number of rotatable bonds is 3. The van der Waals surface area contributed by atoms with Gasteiger partial charge >= 0.3 is 6.09 Å². The van der Waals surface area contributed by atoms with E-state index in [1.807, 2.05) is 20.8 Å². The second-order valence-corrected chi connectivity index (χ2v) is 6.40. The monoisotopic (exact) mass is 310 g/mol. The maximum atomic E-state index is 11.8. The Morgan fingerprint density at radius 1 is 1.27 bits per heavy atom. The second kappa shape index (κ2) is 5.92. The molecule has 0 saturated carbocycles. The second-order valence-electron chi connectivity index (χ2n) is 6.40. The fraction of sp³-hybridized carbons (Fsp3) is 0.533. The van der Waals surface area contributed by atoms with Crippen molar-refractivity contribution in [2.75, 3.05) is 13.1 Å². The third kappa shape index (κ3) is 3.73. The maximum absolute atomic E-state index is 11.8. The highest BCUT2D eigenvalue weighted by molar-refractivity contribution is 5.69. The molecule has 2 rings (SSSR count). The molecule has 0 aliphatic carbocycles. The summed E-state index contributed by atoms with van der Waals surface area (Å²) in [5, 5.41) is 31.6. The molecule has 7 nitrogen and oxygen atoms in total. The highest BCUT2D eigenvalue weighted by Crippen LogP contribution is 2.36. The van der Waals surface area contributed by atoms with Crippen molar-refractivity contribution in [3.05, 3.63) is 17.7 Å². The number of phenols is 3. The number of carbonyl (C=O) groups is 1. The van der Waals surface area contributed by atoms with Gasteiger partial charge in [0.25, 0.3) is 0 Å². The lowest BCUT2D eigenvalue weighted by Crippen LogP contribution is -2.60. The van der Waals surface area contributed by atoms with E-state index in [9.17, 15) is 20.1 Å². The molecule has 1 aliphatic heterocycles. The fourth-order valence-electron chi connectivity index (χ4n) is 2.09. The van der Waals surface area contributed by atoms with Crippen molar-refractivity contribution in [2.24, 2.45) is 0 Å². The predicted molar refractivity (Wildman–Crippen MR) is 79.9 cm³/mol. The molecule has 4 N–H and O–H groups in total. The summed E-state index contributed by atoms with van der Waals surface area (Å²) in [7, 11) is 0. The van der Waals surface area contributed by atoms with Gasteiger partial charge in [0, 0.05) is 31.2 Å². The molecule has 1 aromatic carbocycles. The average Bonchev–Trinajstić information content (AvgIpc) is 2.34. The largest absolute Gasteiger partial charge is 0.504 e. The predicted octanol–water partition coefficient (Wildman–Crippen LogP) is 1.51. The topological polar surface area (TPSA) is 102 Å². The Kier molecular flexibility index (Phi) is 4.37. The van der Waals surface area contributed by atoms with E-state index in [1.54, 1.807) is 4.90 Å². The summed E-state index contributed by atoms with van der Waals surface area (Å²) in [6, 6.07) is 2.95. The van der Waals surface area contributed by atoms with E-state index < -0.39 is 11.4 Å². The van der Waals surface area contributed by atoms with Gasteiger partial charge in [-0.05, 0) is 26.8 Å². The number of carbonyl (C=O) groups excluding carboxylic acids is 1. The van der Waals surface area contributed by atoms with Gasteiger partial charge in [0.05, 0.1) is 0 Å². The molecule has 0 atom stereocenters. The first-order chi connectivity index (χ1) is 10.2. The van der Waals surface area contributed by atoms with E-state index in [-0.39, 0.29) is 23.6 Å². The number of aromatic hydroxyl groups is 3. The van der Waals surface area contributed by atoms with Gasteiger partial charge in [-0.15, -0.1) is 0 Å². The molecule has 0 bridgehead atoms. The molecule has 0 aromatic heterocycles. The number of hydrogen-bond donors (Lipinski definition) is 4. The Hall–Kier alpha value is -2.15. The van der Waals surface area contributed by atoms with Crippen molar-refractivity contribution in [2.45, 2.75) is 39.0 Å². The summed E-state index contributed by atoms with van der Waals surface area (Å²) in [5.74, 6) is -1.22. The number of ether oxygens (including phenoxy) is 1. The van der Waals surface area contributed by atoms with Crippen LogP contribution in [0, 0.1) is 0 Å². The van der Waals surface area contributed by atoms with Crippen molar-refractivity contribution in [3.8, 4) is 17.2 Å². The van der Waals surface area contributed by atoms with Crippen LogP contribution in [0.3, 0.4) is 0 Å². The summed E-state index contributed by atoms with van der Waals surface area (Å²) in [4.78, 5) is 13.4. The van der Waals surface area contributed by atoms with Gasteiger partial charge in [-0.1, -0.05) is 6.07 Å². The lowest BCUT2D eigenvalue weighted by atomic mass is 10.1. The van der Waals surface area contributed by atoms with Crippen LogP contribution in [0.5, 0.6) is 17.2 Å². The maximum Gasteiger partial charge on any atom is 0.410 e. The molecule has 1 aromatic rings. The third-order valence-corrected chi connectivity index (χ3v) is 3.33. The minimum absolute atomic E-state index is 0.0999. The Morgan fingerprint density at radius 2 is 1.91 bits per heavy atom. The van der Waals surface area contributed by atoms with E-state index in [0.29, 0.717) is 25.2 Å². The molecular weight excluding hydrogens is 288 g/mol.